The highest BCUT2D eigenvalue weighted by molar-refractivity contribution is 7.99. The molecule has 8 nitrogen and oxygen atoms in total. The van der Waals surface area contributed by atoms with Gasteiger partial charge in [0.05, 0.1) is 18.4 Å². The van der Waals surface area contributed by atoms with E-state index < -0.39 is 0 Å². The lowest BCUT2D eigenvalue weighted by atomic mass is 10.1. The van der Waals surface area contributed by atoms with Gasteiger partial charge in [-0.15, -0.1) is 10.2 Å². The van der Waals surface area contributed by atoms with Gasteiger partial charge in [0.25, 0.3) is 0 Å². The van der Waals surface area contributed by atoms with Crippen molar-refractivity contribution in [2.24, 2.45) is 0 Å². The van der Waals surface area contributed by atoms with Gasteiger partial charge in [0.15, 0.2) is 5.16 Å². The molecule has 0 N–H and O–H groups in total. The average molecular weight is 489 g/mol. The molecule has 2 aromatic rings. The number of benzene rings is 1. The van der Waals surface area contributed by atoms with E-state index in [4.69, 9.17) is 4.74 Å². The number of thioether (sulfide) groups is 1. The topological polar surface area (TPSA) is 66.7 Å². The lowest BCUT2D eigenvalue weighted by molar-refractivity contribution is -0.128. The zero-order valence-corrected chi connectivity index (χ0v) is 20.4. The van der Waals surface area contributed by atoms with E-state index >= 15 is 0 Å². The van der Waals surface area contributed by atoms with E-state index in [2.05, 4.69) is 24.6 Å². The Kier molecular flexibility index (Phi) is 7.54. The fourth-order valence-electron chi connectivity index (χ4n) is 4.95. The van der Waals surface area contributed by atoms with Gasteiger partial charge in [-0.25, -0.2) is 4.39 Å². The van der Waals surface area contributed by atoms with Crippen LogP contribution in [-0.4, -0.2) is 83.3 Å². The Morgan fingerprint density at radius 3 is 2.44 bits per heavy atom. The number of piperazine rings is 1. The van der Waals surface area contributed by atoms with E-state index in [9.17, 15) is 9.18 Å². The summed E-state index contributed by atoms with van der Waals surface area (Å²) >= 11 is 1.48. The molecule has 1 unspecified atom stereocenters. The number of halogens is 1. The van der Waals surface area contributed by atoms with E-state index in [0.717, 1.165) is 69.0 Å². The van der Waals surface area contributed by atoms with Gasteiger partial charge in [0, 0.05) is 51.6 Å². The minimum Gasteiger partial charge on any atom is -0.376 e. The van der Waals surface area contributed by atoms with Crippen LogP contribution >= 0.6 is 11.8 Å². The first-order valence-electron chi connectivity index (χ1n) is 12.4. The third kappa shape index (κ3) is 5.49. The van der Waals surface area contributed by atoms with Crippen LogP contribution in [0.5, 0.6) is 0 Å². The van der Waals surface area contributed by atoms with Gasteiger partial charge in [0.2, 0.25) is 11.9 Å². The summed E-state index contributed by atoms with van der Waals surface area (Å²) in [7, 11) is 0. The van der Waals surface area contributed by atoms with Gasteiger partial charge in [-0.1, -0.05) is 11.8 Å². The number of carbonyl (C=O) groups excluding carboxylic acids is 1. The predicted molar refractivity (Wildman–Crippen MR) is 131 cm³/mol. The van der Waals surface area contributed by atoms with Crippen molar-refractivity contribution in [3.63, 3.8) is 0 Å². The first kappa shape index (κ1) is 23.4. The number of hydrogen-bond donors (Lipinski definition) is 0. The summed E-state index contributed by atoms with van der Waals surface area (Å²) in [6, 6.07) is 6.55. The molecule has 3 saturated heterocycles. The van der Waals surface area contributed by atoms with Crippen LogP contribution in [0.1, 0.15) is 32.1 Å². The van der Waals surface area contributed by atoms with Crippen molar-refractivity contribution in [3.05, 3.63) is 30.1 Å². The molecule has 184 valence electrons. The zero-order valence-electron chi connectivity index (χ0n) is 19.6. The maximum atomic E-state index is 13.2. The first-order valence-corrected chi connectivity index (χ1v) is 13.4. The maximum absolute atomic E-state index is 13.2. The van der Waals surface area contributed by atoms with Gasteiger partial charge in [-0.3, -0.25) is 9.36 Å². The van der Waals surface area contributed by atoms with Crippen molar-refractivity contribution in [3.8, 4) is 0 Å². The highest BCUT2D eigenvalue weighted by Crippen LogP contribution is 2.27. The van der Waals surface area contributed by atoms with E-state index in [1.165, 1.54) is 43.2 Å². The number of carbonyl (C=O) groups is 1. The molecule has 1 aromatic heterocycles. The molecule has 1 amide bonds. The Morgan fingerprint density at radius 2 is 1.74 bits per heavy atom. The van der Waals surface area contributed by atoms with Crippen molar-refractivity contribution in [1.29, 1.82) is 0 Å². The number of piperidine rings is 1. The molecule has 10 heteroatoms. The van der Waals surface area contributed by atoms with Gasteiger partial charge >= 0.3 is 0 Å². The fraction of sp³-hybridized carbons (Fsp3) is 0.625. The molecule has 1 atom stereocenters. The highest BCUT2D eigenvalue weighted by atomic mass is 32.2. The Bertz CT molecular complexity index is 951. The Balaban J connectivity index is 1.19. The molecule has 3 aliphatic rings. The molecule has 0 aliphatic carbocycles. The van der Waals surface area contributed by atoms with Crippen LogP contribution in [0.3, 0.4) is 0 Å². The molecule has 5 rings (SSSR count). The van der Waals surface area contributed by atoms with Crippen molar-refractivity contribution in [2.75, 3.05) is 61.4 Å². The van der Waals surface area contributed by atoms with E-state index in [-0.39, 0.29) is 17.8 Å². The highest BCUT2D eigenvalue weighted by Gasteiger charge is 2.26. The standard InChI is InChI=1S/C24H33FN6O2S/c25-19-6-8-20(9-7-19)28-12-14-29(15-13-28)22(32)18-34-24-27-26-23(30-10-2-1-3-11-30)31(24)17-21-5-4-16-33-21/h6-9,21H,1-5,10-18H2. The Labute approximate surface area is 204 Å². The van der Waals surface area contributed by atoms with Gasteiger partial charge < -0.3 is 19.4 Å². The van der Waals surface area contributed by atoms with Gasteiger partial charge in [0.1, 0.15) is 5.82 Å². The molecule has 0 bridgehead atoms. The summed E-state index contributed by atoms with van der Waals surface area (Å²) in [4.78, 5) is 19.4. The molecular weight excluding hydrogens is 455 g/mol. The van der Waals surface area contributed by atoms with E-state index in [1.807, 2.05) is 4.90 Å². The largest absolute Gasteiger partial charge is 0.376 e. The number of amides is 1. The second-order valence-corrected chi connectivity index (χ2v) is 10.2. The third-order valence-electron chi connectivity index (χ3n) is 6.90. The van der Waals surface area contributed by atoms with Crippen LogP contribution in [0.15, 0.2) is 29.4 Å². The maximum Gasteiger partial charge on any atom is 0.233 e. The summed E-state index contributed by atoms with van der Waals surface area (Å²) in [5.41, 5.74) is 0.996. The molecule has 3 fully saturated rings. The van der Waals surface area contributed by atoms with Crippen LogP contribution in [0.25, 0.3) is 0 Å². The summed E-state index contributed by atoms with van der Waals surface area (Å²) in [6.45, 7) is 6.39. The molecule has 1 aromatic carbocycles. The second-order valence-electron chi connectivity index (χ2n) is 9.21. The van der Waals surface area contributed by atoms with Crippen LogP contribution in [0, 0.1) is 5.82 Å². The summed E-state index contributed by atoms with van der Waals surface area (Å²) in [6.07, 6.45) is 5.96. The Morgan fingerprint density at radius 1 is 0.971 bits per heavy atom. The molecule has 3 aliphatic heterocycles. The van der Waals surface area contributed by atoms with Crippen LogP contribution < -0.4 is 9.80 Å². The average Bonchev–Trinajstić information content (AvgIpc) is 3.54. The first-order chi connectivity index (χ1) is 16.7. The SMILES string of the molecule is O=C(CSc1nnc(N2CCCCC2)n1CC1CCCO1)N1CCN(c2ccc(F)cc2)CC1. The number of nitrogens with zero attached hydrogens (tertiary/aromatic N) is 6. The number of aromatic nitrogens is 3. The van der Waals surface area contributed by atoms with E-state index in [0.29, 0.717) is 18.8 Å². The predicted octanol–water partition coefficient (Wildman–Crippen LogP) is 3.03. The van der Waals surface area contributed by atoms with Gasteiger partial charge in [-0.2, -0.15) is 0 Å². The smallest absolute Gasteiger partial charge is 0.233 e. The van der Waals surface area contributed by atoms with Crippen LogP contribution in [0.4, 0.5) is 16.0 Å². The number of anilines is 2. The normalized spacial score (nSPS) is 21.3. The van der Waals surface area contributed by atoms with Crippen LogP contribution in [-0.2, 0) is 16.1 Å². The lowest BCUT2D eigenvalue weighted by Gasteiger charge is -2.36. The minimum atomic E-state index is -0.231. The number of hydrogen-bond acceptors (Lipinski definition) is 7. The molecule has 0 spiro atoms. The summed E-state index contributed by atoms with van der Waals surface area (Å²) < 4.78 is 21.3. The minimum absolute atomic E-state index is 0.120. The van der Waals surface area contributed by atoms with Crippen molar-refractivity contribution in [2.45, 2.75) is 49.9 Å². The molecule has 0 radical (unpaired) electrons. The van der Waals surface area contributed by atoms with Crippen LogP contribution in [0.2, 0.25) is 0 Å². The third-order valence-corrected chi connectivity index (χ3v) is 7.85. The monoisotopic (exact) mass is 488 g/mol. The molecule has 34 heavy (non-hydrogen) atoms. The number of ether oxygens (including phenoxy) is 1. The number of rotatable bonds is 7. The van der Waals surface area contributed by atoms with Crippen molar-refractivity contribution >= 4 is 29.3 Å². The summed E-state index contributed by atoms with van der Waals surface area (Å²) in [5.74, 6) is 1.15. The van der Waals surface area contributed by atoms with Crippen molar-refractivity contribution in [1.82, 2.24) is 19.7 Å². The summed E-state index contributed by atoms with van der Waals surface area (Å²) in [5, 5.41) is 9.81. The fourth-order valence-corrected chi connectivity index (χ4v) is 5.80. The second kappa shape index (κ2) is 10.9. The molecular formula is C24H33FN6O2S. The zero-order chi connectivity index (χ0) is 23.3. The van der Waals surface area contributed by atoms with E-state index in [1.54, 1.807) is 12.1 Å². The van der Waals surface area contributed by atoms with Gasteiger partial charge in [-0.05, 0) is 56.4 Å². The quantitative estimate of drug-likeness (QED) is 0.555. The van der Waals surface area contributed by atoms with Crippen molar-refractivity contribution < 1.29 is 13.9 Å². The molecule has 4 heterocycles. The Hall–Kier alpha value is -2.33. The molecule has 0 saturated carbocycles. The lowest BCUT2D eigenvalue weighted by Crippen LogP contribution is -2.49.